The van der Waals surface area contributed by atoms with Gasteiger partial charge in [0.05, 0.1) is 6.04 Å². The van der Waals surface area contributed by atoms with Gasteiger partial charge in [-0.1, -0.05) is 56.1 Å². The fourth-order valence-electron chi connectivity index (χ4n) is 2.20. The lowest BCUT2D eigenvalue weighted by Crippen LogP contribution is -2.40. The van der Waals surface area contributed by atoms with E-state index < -0.39 is 0 Å². The molecule has 1 aliphatic rings. The number of hydrogen-bond acceptors (Lipinski definition) is 1. The van der Waals surface area contributed by atoms with Crippen molar-refractivity contribution in [2.75, 3.05) is 0 Å². The zero-order valence-electron chi connectivity index (χ0n) is 10.9. The largest absolute Gasteiger partial charge is 0.352 e. The Morgan fingerprint density at radius 3 is 2.05 bits per heavy atom. The molecule has 2 aromatic carbocycles. The van der Waals surface area contributed by atoms with E-state index in [0.717, 1.165) is 20.2 Å². The highest BCUT2D eigenvalue weighted by atomic mass is 79.9. The Bertz CT molecular complexity index is 693. The summed E-state index contributed by atoms with van der Waals surface area (Å²) in [5.41, 5.74) is 3.32. The van der Waals surface area contributed by atoms with Crippen molar-refractivity contribution in [1.82, 2.24) is 10.6 Å². The fourth-order valence-corrected chi connectivity index (χ4v) is 2.96. The second-order valence-electron chi connectivity index (χ2n) is 4.71. The summed E-state index contributed by atoms with van der Waals surface area (Å²) in [6, 6.07) is 16.5. The van der Waals surface area contributed by atoms with Gasteiger partial charge in [0.1, 0.15) is 0 Å². The summed E-state index contributed by atoms with van der Waals surface area (Å²) in [6.07, 6.45) is 2.16. The molecule has 0 aliphatic carbocycles. The van der Waals surface area contributed by atoms with Gasteiger partial charge >= 0.3 is 0 Å². The number of rotatable bonds is 2. The lowest BCUT2D eigenvalue weighted by molar-refractivity contribution is 0.765. The second kappa shape index (κ2) is 6.30. The summed E-state index contributed by atoms with van der Waals surface area (Å²) in [6.45, 7) is 0. The molecule has 2 nitrogen and oxygen atoms in total. The summed E-state index contributed by atoms with van der Waals surface area (Å²) in [4.78, 5) is 0. The quantitative estimate of drug-likeness (QED) is 0.680. The molecule has 0 saturated carbocycles. The van der Waals surface area contributed by atoms with Gasteiger partial charge in [0, 0.05) is 14.6 Å². The van der Waals surface area contributed by atoms with Crippen LogP contribution in [0.1, 0.15) is 17.2 Å². The maximum Gasteiger partial charge on any atom is 0.171 e. The molecule has 106 valence electrons. The Kier molecular flexibility index (Phi) is 4.42. The van der Waals surface area contributed by atoms with Gasteiger partial charge in [0.15, 0.2) is 5.11 Å². The number of hydrogen-bond donors (Lipinski definition) is 2. The third-order valence-electron chi connectivity index (χ3n) is 3.25. The van der Waals surface area contributed by atoms with E-state index in [4.69, 9.17) is 12.2 Å². The molecule has 2 aromatic rings. The SMILES string of the molecule is S=C1NC(c2ccc(Br)cc2)=C[C@@H](c2ccc(Br)cc2)N1. The van der Waals surface area contributed by atoms with Crippen molar-refractivity contribution in [3.8, 4) is 0 Å². The molecule has 21 heavy (non-hydrogen) atoms. The molecule has 0 radical (unpaired) electrons. The number of nitrogens with one attached hydrogen (secondary N) is 2. The third kappa shape index (κ3) is 3.54. The van der Waals surface area contributed by atoms with Gasteiger partial charge in [-0.05, 0) is 53.7 Å². The summed E-state index contributed by atoms with van der Waals surface area (Å²) in [5.74, 6) is 0. The summed E-state index contributed by atoms with van der Waals surface area (Å²) >= 11 is 12.2. The van der Waals surface area contributed by atoms with Crippen LogP contribution in [0, 0.1) is 0 Å². The first-order valence-corrected chi connectivity index (χ1v) is 8.42. The van der Waals surface area contributed by atoms with E-state index in [1.165, 1.54) is 5.56 Å². The standard InChI is InChI=1S/C16H12Br2N2S/c17-12-5-1-10(2-6-12)14-9-15(20-16(21)19-14)11-3-7-13(18)8-4-11/h1-9,14H,(H2,19,20,21)/t14-/m0/s1. The molecule has 0 saturated heterocycles. The van der Waals surface area contributed by atoms with Crippen LogP contribution in [0.3, 0.4) is 0 Å². The van der Waals surface area contributed by atoms with Crippen LogP contribution in [0.25, 0.3) is 5.70 Å². The molecular formula is C16H12Br2N2S. The molecule has 0 unspecified atom stereocenters. The number of thiocarbonyl (C=S) groups is 1. The highest BCUT2D eigenvalue weighted by Gasteiger charge is 2.18. The molecule has 0 aromatic heterocycles. The highest BCUT2D eigenvalue weighted by molar-refractivity contribution is 9.10. The first-order valence-electron chi connectivity index (χ1n) is 6.42. The van der Waals surface area contributed by atoms with Crippen LogP contribution < -0.4 is 10.6 Å². The molecule has 0 fully saturated rings. The first kappa shape index (κ1) is 14.8. The van der Waals surface area contributed by atoms with Crippen molar-refractivity contribution < 1.29 is 0 Å². The Balaban J connectivity index is 1.95. The molecule has 5 heteroatoms. The molecule has 0 spiro atoms. The predicted octanol–water partition coefficient (Wildman–Crippen LogP) is 4.77. The molecule has 0 bridgehead atoms. The maximum absolute atomic E-state index is 5.33. The Morgan fingerprint density at radius 2 is 1.43 bits per heavy atom. The highest BCUT2D eigenvalue weighted by Crippen LogP contribution is 2.25. The monoisotopic (exact) mass is 422 g/mol. The third-order valence-corrected chi connectivity index (χ3v) is 4.53. The Labute approximate surface area is 145 Å². The zero-order chi connectivity index (χ0) is 14.8. The van der Waals surface area contributed by atoms with Crippen LogP contribution in [0.15, 0.2) is 63.6 Å². The van der Waals surface area contributed by atoms with Gasteiger partial charge in [-0.3, -0.25) is 0 Å². The smallest absolute Gasteiger partial charge is 0.171 e. The van der Waals surface area contributed by atoms with Crippen molar-refractivity contribution in [2.45, 2.75) is 6.04 Å². The Hall–Kier alpha value is -1.17. The van der Waals surface area contributed by atoms with E-state index in [2.05, 4.69) is 72.8 Å². The van der Waals surface area contributed by atoms with Crippen LogP contribution in [0.2, 0.25) is 0 Å². The average molecular weight is 424 g/mol. The average Bonchev–Trinajstić information content (AvgIpc) is 2.48. The van der Waals surface area contributed by atoms with Gasteiger partial charge in [-0.15, -0.1) is 0 Å². The van der Waals surface area contributed by atoms with Crippen LogP contribution in [0.4, 0.5) is 0 Å². The van der Waals surface area contributed by atoms with Gasteiger partial charge in [-0.2, -0.15) is 0 Å². The number of halogens is 2. The van der Waals surface area contributed by atoms with Crippen LogP contribution in [-0.2, 0) is 0 Å². The lowest BCUT2D eigenvalue weighted by atomic mass is 10.0. The van der Waals surface area contributed by atoms with Crippen molar-refractivity contribution in [2.24, 2.45) is 0 Å². The molecule has 1 heterocycles. The zero-order valence-corrected chi connectivity index (χ0v) is 14.9. The van der Waals surface area contributed by atoms with E-state index in [9.17, 15) is 0 Å². The van der Waals surface area contributed by atoms with Crippen molar-refractivity contribution in [3.05, 3.63) is 74.7 Å². The molecule has 0 amide bonds. The fraction of sp³-hybridized carbons (Fsp3) is 0.0625. The second-order valence-corrected chi connectivity index (χ2v) is 6.95. The normalized spacial score (nSPS) is 17.7. The molecule has 3 rings (SSSR count). The van der Waals surface area contributed by atoms with Crippen LogP contribution in [0.5, 0.6) is 0 Å². The lowest BCUT2D eigenvalue weighted by Gasteiger charge is -2.26. The van der Waals surface area contributed by atoms with E-state index in [-0.39, 0.29) is 6.04 Å². The topological polar surface area (TPSA) is 24.1 Å². The molecule has 1 aliphatic heterocycles. The van der Waals surface area contributed by atoms with Gasteiger partial charge in [0.2, 0.25) is 0 Å². The summed E-state index contributed by atoms with van der Waals surface area (Å²) in [7, 11) is 0. The van der Waals surface area contributed by atoms with E-state index >= 15 is 0 Å². The maximum atomic E-state index is 5.33. The molecular weight excluding hydrogens is 412 g/mol. The van der Waals surface area contributed by atoms with Crippen molar-refractivity contribution >= 4 is 54.9 Å². The minimum atomic E-state index is 0.0745. The van der Waals surface area contributed by atoms with Gasteiger partial charge in [0.25, 0.3) is 0 Å². The van der Waals surface area contributed by atoms with Crippen LogP contribution >= 0.6 is 44.1 Å². The van der Waals surface area contributed by atoms with E-state index in [0.29, 0.717) is 5.11 Å². The van der Waals surface area contributed by atoms with Crippen LogP contribution in [-0.4, -0.2) is 5.11 Å². The van der Waals surface area contributed by atoms with E-state index in [1.807, 2.05) is 24.3 Å². The van der Waals surface area contributed by atoms with Crippen molar-refractivity contribution in [3.63, 3.8) is 0 Å². The minimum absolute atomic E-state index is 0.0745. The predicted molar refractivity (Wildman–Crippen MR) is 97.9 cm³/mol. The minimum Gasteiger partial charge on any atom is -0.352 e. The van der Waals surface area contributed by atoms with Crippen molar-refractivity contribution in [1.29, 1.82) is 0 Å². The summed E-state index contributed by atoms with van der Waals surface area (Å²) in [5, 5.41) is 7.14. The van der Waals surface area contributed by atoms with Gasteiger partial charge in [-0.25, -0.2) is 0 Å². The first-order chi connectivity index (χ1) is 10.1. The van der Waals surface area contributed by atoms with Gasteiger partial charge < -0.3 is 10.6 Å². The molecule has 1 atom stereocenters. The molecule has 2 N–H and O–H groups in total. The Morgan fingerprint density at radius 1 is 0.857 bits per heavy atom. The summed E-state index contributed by atoms with van der Waals surface area (Å²) < 4.78 is 2.13. The van der Waals surface area contributed by atoms with E-state index in [1.54, 1.807) is 0 Å². The number of benzene rings is 2.